The number of benzene rings is 2. The molecule has 1 spiro atoms. The molecule has 2 aliphatic heterocycles. The highest BCUT2D eigenvalue weighted by Crippen LogP contribution is 2.64. The lowest BCUT2D eigenvalue weighted by Gasteiger charge is -2.64. The van der Waals surface area contributed by atoms with Crippen LogP contribution in [0.5, 0.6) is 5.75 Å². The zero-order valence-corrected chi connectivity index (χ0v) is 21.2. The molecule has 1 saturated carbocycles. The first-order chi connectivity index (χ1) is 18.1. The van der Waals surface area contributed by atoms with Gasteiger partial charge in [-0.2, -0.15) is 13.2 Å². The van der Waals surface area contributed by atoms with E-state index in [1.807, 2.05) is 18.2 Å². The summed E-state index contributed by atoms with van der Waals surface area (Å²) in [5, 5.41) is 12.4. The average Bonchev–Trinajstić information content (AvgIpc) is 3.23. The molecule has 2 heterocycles. The molecule has 2 bridgehead atoms. The second-order valence-corrected chi connectivity index (χ2v) is 11.0. The molecule has 2 aromatic rings. The smallest absolute Gasteiger partial charge is 0.416 e. The first kappa shape index (κ1) is 25.2. The van der Waals surface area contributed by atoms with Gasteiger partial charge in [-0.25, -0.2) is 0 Å². The maximum absolute atomic E-state index is 13.3. The van der Waals surface area contributed by atoms with Crippen molar-refractivity contribution in [3.63, 3.8) is 0 Å². The monoisotopic (exact) mass is 524 g/mol. The minimum absolute atomic E-state index is 0.0658. The van der Waals surface area contributed by atoms with Crippen molar-refractivity contribution in [1.29, 1.82) is 0 Å². The van der Waals surface area contributed by atoms with E-state index in [-0.39, 0.29) is 18.0 Å². The number of carbonyl (C=O) groups excluding carboxylic acids is 1. The van der Waals surface area contributed by atoms with Crippen LogP contribution < -0.4 is 4.74 Å². The van der Waals surface area contributed by atoms with Gasteiger partial charge in [-0.05, 0) is 67.6 Å². The number of hydrogen-bond acceptors (Lipinski definition) is 4. The van der Waals surface area contributed by atoms with Gasteiger partial charge in [-0.3, -0.25) is 9.69 Å². The van der Waals surface area contributed by atoms with Crippen molar-refractivity contribution >= 4 is 12.0 Å². The summed E-state index contributed by atoms with van der Waals surface area (Å²) in [6, 6.07) is 10.6. The lowest BCUT2D eigenvalue weighted by molar-refractivity contribution is -0.198. The van der Waals surface area contributed by atoms with E-state index in [1.165, 1.54) is 29.8 Å². The van der Waals surface area contributed by atoms with Crippen LogP contribution in [-0.4, -0.2) is 64.7 Å². The van der Waals surface area contributed by atoms with Crippen molar-refractivity contribution < 1.29 is 27.8 Å². The van der Waals surface area contributed by atoms with Gasteiger partial charge in [0.1, 0.15) is 11.9 Å². The van der Waals surface area contributed by atoms with Crippen molar-refractivity contribution in [2.24, 2.45) is 0 Å². The van der Waals surface area contributed by atoms with Gasteiger partial charge in [0.05, 0.1) is 22.6 Å². The van der Waals surface area contributed by atoms with Crippen molar-refractivity contribution in [1.82, 2.24) is 9.80 Å². The Labute approximate surface area is 220 Å². The number of likely N-dealkylation sites (tertiary alicyclic amines) is 1. The maximum Gasteiger partial charge on any atom is 0.416 e. The molecule has 5 atom stereocenters. The lowest BCUT2D eigenvalue weighted by atomic mass is 9.48. The number of piperidine rings is 1. The molecule has 200 valence electrons. The van der Waals surface area contributed by atoms with Crippen LogP contribution in [0, 0.1) is 0 Å². The lowest BCUT2D eigenvalue weighted by Crippen LogP contribution is -2.78. The molecule has 2 fully saturated rings. The molecule has 4 aliphatic rings. The summed E-state index contributed by atoms with van der Waals surface area (Å²) in [5.74, 6) is 0.472. The van der Waals surface area contributed by atoms with Gasteiger partial charge in [-0.15, -0.1) is 6.58 Å². The number of rotatable bonds is 5. The Morgan fingerprint density at radius 3 is 2.82 bits per heavy atom. The van der Waals surface area contributed by atoms with Crippen LogP contribution in [0.4, 0.5) is 13.2 Å². The van der Waals surface area contributed by atoms with Gasteiger partial charge in [0.15, 0.2) is 0 Å². The van der Waals surface area contributed by atoms with Crippen LogP contribution in [0.15, 0.2) is 61.2 Å². The summed E-state index contributed by atoms with van der Waals surface area (Å²) in [5.41, 5.74) is 0.208. The fourth-order valence-electron chi connectivity index (χ4n) is 7.62. The van der Waals surface area contributed by atoms with Crippen LogP contribution >= 0.6 is 0 Å². The Bertz CT molecular complexity index is 1320. The van der Waals surface area contributed by atoms with Gasteiger partial charge in [0.25, 0.3) is 0 Å². The number of aliphatic hydroxyl groups is 1. The summed E-state index contributed by atoms with van der Waals surface area (Å²) >= 11 is 0. The molecule has 1 amide bonds. The van der Waals surface area contributed by atoms with Crippen LogP contribution in [0.1, 0.15) is 41.5 Å². The van der Waals surface area contributed by atoms with Crippen molar-refractivity contribution in [2.75, 3.05) is 20.1 Å². The van der Waals surface area contributed by atoms with E-state index in [9.17, 15) is 23.1 Å². The van der Waals surface area contributed by atoms with E-state index in [0.717, 1.165) is 36.4 Å². The third kappa shape index (κ3) is 3.49. The van der Waals surface area contributed by atoms with Crippen LogP contribution in [-0.2, 0) is 22.8 Å². The van der Waals surface area contributed by atoms with E-state index in [1.54, 1.807) is 11.9 Å². The SMILES string of the molecule is C=CCN1CC[C@]23c4c5cccc4O[C@H]2[C@@H](N(C)C(=O)C=Cc2cccc(C(F)(F)F)c2)CC[C@@]3(O)[C@H]1C5. The molecule has 6 rings (SSSR count). The zero-order chi connectivity index (χ0) is 26.9. The fourth-order valence-corrected chi connectivity index (χ4v) is 7.62. The summed E-state index contributed by atoms with van der Waals surface area (Å²) < 4.78 is 45.9. The Morgan fingerprint density at radius 1 is 1.26 bits per heavy atom. The standard InChI is InChI=1S/C30H31F3N2O3/c1-3-15-35-16-14-28-26-20-7-5-9-23(26)38-27(28)22(12-13-29(28,37)24(35)18-20)34(2)25(36)11-10-19-6-4-8-21(17-19)30(31,32)33/h3-11,17,22,24,27,37H,1,12-16,18H2,2H3/t22-,24+,27-,28-,29+/m0/s1. The average molecular weight is 525 g/mol. The highest BCUT2D eigenvalue weighted by molar-refractivity contribution is 5.92. The highest BCUT2D eigenvalue weighted by atomic mass is 19.4. The van der Waals surface area contributed by atoms with E-state index >= 15 is 0 Å². The fraction of sp³-hybridized carbons (Fsp3) is 0.433. The third-order valence-electron chi connectivity index (χ3n) is 9.28. The van der Waals surface area contributed by atoms with Crippen LogP contribution in [0.25, 0.3) is 6.08 Å². The summed E-state index contributed by atoms with van der Waals surface area (Å²) in [4.78, 5) is 17.2. The predicted molar refractivity (Wildman–Crippen MR) is 138 cm³/mol. The summed E-state index contributed by atoms with van der Waals surface area (Å²) in [6.45, 7) is 5.41. The van der Waals surface area contributed by atoms with Crippen LogP contribution in [0.3, 0.4) is 0 Å². The molecular weight excluding hydrogens is 493 g/mol. The normalized spacial score (nSPS) is 31.6. The number of alkyl halides is 3. The van der Waals surface area contributed by atoms with Gasteiger partial charge >= 0.3 is 6.18 Å². The number of nitrogens with zero attached hydrogens (tertiary/aromatic N) is 2. The predicted octanol–water partition coefficient (Wildman–Crippen LogP) is 4.59. The Hall–Kier alpha value is -3.10. The Balaban J connectivity index is 1.31. The number of ether oxygens (including phenoxy) is 1. The number of amides is 1. The highest BCUT2D eigenvalue weighted by Gasteiger charge is 2.72. The molecular formula is C30H31F3N2O3. The quantitative estimate of drug-likeness (QED) is 0.460. The van der Waals surface area contributed by atoms with E-state index in [2.05, 4.69) is 17.5 Å². The van der Waals surface area contributed by atoms with Crippen molar-refractivity contribution in [2.45, 2.75) is 61.1 Å². The maximum atomic E-state index is 13.3. The zero-order valence-electron chi connectivity index (χ0n) is 21.2. The molecule has 38 heavy (non-hydrogen) atoms. The molecule has 2 aromatic carbocycles. The van der Waals surface area contributed by atoms with Crippen molar-refractivity contribution in [3.05, 3.63) is 83.4 Å². The molecule has 5 nitrogen and oxygen atoms in total. The number of likely N-dealkylation sites (N-methyl/N-ethyl adjacent to an activating group) is 1. The minimum Gasteiger partial charge on any atom is -0.487 e. The van der Waals surface area contributed by atoms with Gasteiger partial charge in [0.2, 0.25) is 5.91 Å². The summed E-state index contributed by atoms with van der Waals surface area (Å²) in [6.07, 6.45) is 2.28. The Kier molecular flexibility index (Phi) is 5.78. The molecule has 1 saturated heterocycles. The first-order valence-corrected chi connectivity index (χ1v) is 13.1. The third-order valence-corrected chi connectivity index (χ3v) is 9.28. The second kappa shape index (κ2) is 8.71. The summed E-state index contributed by atoms with van der Waals surface area (Å²) in [7, 11) is 1.71. The topological polar surface area (TPSA) is 53.0 Å². The van der Waals surface area contributed by atoms with Gasteiger partial charge in [-0.1, -0.05) is 30.3 Å². The molecule has 2 aliphatic carbocycles. The second-order valence-electron chi connectivity index (χ2n) is 11.0. The number of halogens is 3. The molecule has 1 N–H and O–H groups in total. The van der Waals surface area contributed by atoms with E-state index in [4.69, 9.17) is 4.74 Å². The molecule has 8 heteroatoms. The van der Waals surface area contributed by atoms with Crippen molar-refractivity contribution in [3.8, 4) is 5.75 Å². The molecule has 0 unspecified atom stereocenters. The molecule has 0 radical (unpaired) electrons. The molecule has 0 aromatic heterocycles. The number of carbonyl (C=O) groups is 1. The van der Waals surface area contributed by atoms with Gasteiger partial charge in [0, 0.05) is 31.3 Å². The Morgan fingerprint density at radius 2 is 2.05 bits per heavy atom. The van der Waals surface area contributed by atoms with E-state index < -0.39 is 28.9 Å². The first-order valence-electron chi connectivity index (χ1n) is 13.1. The minimum atomic E-state index is -4.45. The largest absolute Gasteiger partial charge is 0.487 e. The number of hydrogen-bond donors (Lipinski definition) is 1. The van der Waals surface area contributed by atoms with Crippen LogP contribution in [0.2, 0.25) is 0 Å². The van der Waals surface area contributed by atoms with Gasteiger partial charge < -0.3 is 14.7 Å². The van der Waals surface area contributed by atoms with E-state index in [0.29, 0.717) is 31.4 Å².